The van der Waals surface area contributed by atoms with Crippen LogP contribution in [0.3, 0.4) is 0 Å². The Balaban J connectivity index is 1.90. The second-order valence-electron chi connectivity index (χ2n) is 4.63. The first-order valence-electron chi connectivity index (χ1n) is 6.05. The third kappa shape index (κ3) is 2.81. The lowest BCUT2D eigenvalue weighted by Gasteiger charge is -2.08. The molecule has 7 heteroatoms. The molecule has 3 nitrogen and oxygen atoms in total. The van der Waals surface area contributed by atoms with E-state index in [9.17, 15) is 8.42 Å². The monoisotopic (exact) mass is 435 g/mol. The van der Waals surface area contributed by atoms with Crippen LogP contribution in [-0.2, 0) is 22.9 Å². The minimum absolute atomic E-state index is 0.289. The third-order valence-electron chi connectivity index (χ3n) is 3.24. The molecule has 0 amide bonds. The molecule has 106 valence electrons. The molecule has 1 N–H and O–H groups in total. The molecule has 0 bridgehead atoms. The van der Waals surface area contributed by atoms with E-state index in [-0.39, 0.29) is 4.21 Å². The van der Waals surface area contributed by atoms with Crippen molar-refractivity contribution in [3.05, 3.63) is 43.7 Å². The van der Waals surface area contributed by atoms with E-state index in [2.05, 4.69) is 36.6 Å². The van der Waals surface area contributed by atoms with Crippen LogP contribution in [0.4, 0.5) is 5.69 Å². The van der Waals surface area contributed by atoms with E-state index in [1.54, 1.807) is 6.07 Å². The van der Waals surface area contributed by atoms with Crippen LogP contribution in [-0.4, -0.2) is 8.42 Å². The topological polar surface area (TPSA) is 46.2 Å². The van der Waals surface area contributed by atoms with Crippen LogP contribution in [0.15, 0.2) is 36.7 Å². The maximum absolute atomic E-state index is 12.3. The van der Waals surface area contributed by atoms with Gasteiger partial charge in [0.2, 0.25) is 0 Å². The molecule has 2 aromatic rings. The summed E-state index contributed by atoms with van der Waals surface area (Å²) in [5.74, 6) is 0. The summed E-state index contributed by atoms with van der Waals surface area (Å²) in [6.07, 6.45) is 3.27. The fraction of sp³-hybridized carbons (Fsp3) is 0.231. The summed E-state index contributed by atoms with van der Waals surface area (Å²) >= 11 is 7.81. The van der Waals surface area contributed by atoms with E-state index in [0.717, 1.165) is 27.5 Å². The fourth-order valence-corrected chi connectivity index (χ4v) is 6.17. The Hall–Kier alpha value is -0.370. The molecule has 0 spiro atoms. The zero-order valence-electron chi connectivity index (χ0n) is 10.3. The molecule has 0 atom stereocenters. The number of hydrogen-bond acceptors (Lipinski definition) is 3. The molecule has 3 rings (SSSR count). The Labute approximate surface area is 138 Å². The quantitative estimate of drug-likeness (QED) is 0.766. The molecule has 0 saturated heterocycles. The molecule has 1 aromatic heterocycles. The van der Waals surface area contributed by atoms with Crippen LogP contribution < -0.4 is 4.72 Å². The predicted molar refractivity (Wildman–Crippen MR) is 89.0 cm³/mol. The molecule has 0 aliphatic heterocycles. The van der Waals surface area contributed by atoms with Gasteiger partial charge in [-0.2, -0.15) is 0 Å². The predicted octanol–water partition coefficient (Wildman–Crippen LogP) is 4.56. The lowest BCUT2D eigenvalue weighted by Crippen LogP contribution is -2.11. The van der Waals surface area contributed by atoms with E-state index >= 15 is 0 Å². The molecule has 1 heterocycles. The molecule has 0 unspecified atom stereocenters. The zero-order chi connectivity index (χ0) is 14.3. The maximum Gasteiger partial charge on any atom is 0.271 e. The van der Waals surface area contributed by atoms with Crippen molar-refractivity contribution in [2.75, 3.05) is 4.72 Å². The van der Waals surface area contributed by atoms with Gasteiger partial charge in [0.25, 0.3) is 10.0 Å². The van der Waals surface area contributed by atoms with Crippen molar-refractivity contribution in [1.82, 2.24) is 0 Å². The van der Waals surface area contributed by atoms with E-state index in [0.29, 0.717) is 5.69 Å². The molecular formula is C13H11Br2NO2S2. The highest BCUT2D eigenvalue weighted by Gasteiger charge is 2.20. The summed E-state index contributed by atoms with van der Waals surface area (Å²) in [6.45, 7) is 0. The molecule has 0 fully saturated rings. The summed E-state index contributed by atoms with van der Waals surface area (Å²) in [7, 11) is -3.52. The second-order valence-corrected chi connectivity index (χ2v) is 9.76. The highest BCUT2D eigenvalue weighted by Crippen LogP contribution is 2.36. The molecule has 1 aliphatic rings. The van der Waals surface area contributed by atoms with Gasteiger partial charge in [-0.05, 0) is 80.4 Å². The SMILES string of the molecule is O=S(=O)(Nc1ccc2c(c1)CCC2)c1cc(Br)c(Br)s1. The Kier molecular flexibility index (Phi) is 3.96. The number of rotatable bonds is 3. The highest BCUT2D eigenvalue weighted by atomic mass is 79.9. The van der Waals surface area contributed by atoms with E-state index in [1.807, 2.05) is 18.2 Å². The van der Waals surface area contributed by atoms with Gasteiger partial charge >= 0.3 is 0 Å². The smallest absolute Gasteiger partial charge is 0.271 e. The average Bonchev–Trinajstić information content (AvgIpc) is 2.96. The largest absolute Gasteiger partial charge is 0.279 e. The number of sulfonamides is 1. The molecule has 0 saturated carbocycles. The fourth-order valence-electron chi connectivity index (χ4n) is 2.30. The molecule has 1 aromatic carbocycles. The number of nitrogens with one attached hydrogen (secondary N) is 1. The molecular weight excluding hydrogens is 426 g/mol. The van der Waals surface area contributed by atoms with Gasteiger partial charge in [0, 0.05) is 10.2 Å². The van der Waals surface area contributed by atoms with Crippen LogP contribution >= 0.6 is 43.2 Å². The number of halogens is 2. The first-order valence-corrected chi connectivity index (χ1v) is 9.94. The lowest BCUT2D eigenvalue weighted by molar-refractivity contribution is 0.603. The van der Waals surface area contributed by atoms with Gasteiger partial charge < -0.3 is 0 Å². The summed E-state index contributed by atoms with van der Waals surface area (Å²) in [4.78, 5) is 0. The van der Waals surface area contributed by atoms with E-state index in [4.69, 9.17) is 0 Å². The Morgan fingerprint density at radius 1 is 1.10 bits per heavy atom. The van der Waals surface area contributed by atoms with Gasteiger partial charge in [0.1, 0.15) is 4.21 Å². The van der Waals surface area contributed by atoms with Crippen LogP contribution in [0, 0.1) is 0 Å². The molecule has 20 heavy (non-hydrogen) atoms. The summed E-state index contributed by atoms with van der Waals surface area (Å²) in [5.41, 5.74) is 3.21. The van der Waals surface area contributed by atoms with Crippen molar-refractivity contribution in [2.45, 2.75) is 23.5 Å². The third-order valence-corrected chi connectivity index (χ3v) is 8.35. The average molecular weight is 437 g/mol. The normalized spacial score (nSPS) is 14.3. The minimum Gasteiger partial charge on any atom is -0.279 e. The standard InChI is InChI=1S/C13H11Br2NO2S2/c14-11-7-12(19-13(11)15)20(17,18)16-10-5-4-8-2-1-3-9(8)6-10/h4-7,16H,1-3H2. The Bertz CT molecular complexity index is 749. The van der Waals surface area contributed by atoms with Crippen LogP contribution in [0.5, 0.6) is 0 Å². The second kappa shape index (κ2) is 5.44. The number of fused-ring (bicyclic) bond motifs is 1. The molecule has 0 radical (unpaired) electrons. The van der Waals surface area contributed by atoms with Crippen molar-refractivity contribution in [3.8, 4) is 0 Å². The first kappa shape index (κ1) is 14.6. The van der Waals surface area contributed by atoms with Crippen molar-refractivity contribution < 1.29 is 8.42 Å². The number of benzene rings is 1. The van der Waals surface area contributed by atoms with Gasteiger partial charge in [-0.15, -0.1) is 11.3 Å². The number of aryl methyl sites for hydroxylation is 2. The Morgan fingerprint density at radius 3 is 2.55 bits per heavy atom. The zero-order valence-corrected chi connectivity index (χ0v) is 15.1. The molecule has 1 aliphatic carbocycles. The van der Waals surface area contributed by atoms with Crippen molar-refractivity contribution in [2.24, 2.45) is 0 Å². The van der Waals surface area contributed by atoms with Crippen LogP contribution in [0.25, 0.3) is 0 Å². The number of anilines is 1. The van der Waals surface area contributed by atoms with Crippen molar-refractivity contribution in [1.29, 1.82) is 0 Å². The highest BCUT2D eigenvalue weighted by molar-refractivity contribution is 9.13. The van der Waals surface area contributed by atoms with E-state index < -0.39 is 10.0 Å². The van der Waals surface area contributed by atoms with Gasteiger partial charge in [-0.1, -0.05) is 6.07 Å². The number of hydrogen-bond donors (Lipinski definition) is 1. The Morgan fingerprint density at radius 2 is 1.85 bits per heavy atom. The van der Waals surface area contributed by atoms with E-state index in [1.165, 1.54) is 22.5 Å². The number of thiophene rings is 1. The van der Waals surface area contributed by atoms with Crippen LogP contribution in [0.2, 0.25) is 0 Å². The van der Waals surface area contributed by atoms with Gasteiger partial charge in [0.05, 0.1) is 3.79 Å². The maximum atomic E-state index is 12.3. The van der Waals surface area contributed by atoms with Crippen LogP contribution in [0.1, 0.15) is 17.5 Å². The van der Waals surface area contributed by atoms with Crippen molar-refractivity contribution in [3.63, 3.8) is 0 Å². The van der Waals surface area contributed by atoms with Crippen molar-refractivity contribution >= 4 is 58.9 Å². The van der Waals surface area contributed by atoms with Gasteiger partial charge in [-0.25, -0.2) is 8.42 Å². The van der Waals surface area contributed by atoms with Gasteiger partial charge in [-0.3, -0.25) is 4.72 Å². The summed E-state index contributed by atoms with van der Waals surface area (Å²) in [5, 5.41) is 0. The first-order chi connectivity index (χ1) is 9.45. The summed E-state index contributed by atoms with van der Waals surface area (Å²) in [6, 6.07) is 7.39. The van der Waals surface area contributed by atoms with Gasteiger partial charge in [0.15, 0.2) is 0 Å². The lowest BCUT2D eigenvalue weighted by atomic mass is 10.1. The minimum atomic E-state index is -3.52. The summed E-state index contributed by atoms with van der Waals surface area (Å²) < 4.78 is 29.1.